The van der Waals surface area contributed by atoms with Crippen LogP contribution < -0.4 is 81.2 Å². The van der Waals surface area contributed by atoms with Crippen molar-refractivity contribution in [2.24, 2.45) is 0 Å². The minimum atomic E-state index is -3.34. The number of allylic oxidation sites excluding steroid dienone is 4. The molecule has 0 amide bonds. The molecule has 0 aliphatic heterocycles. The Kier molecular flexibility index (Phi) is 14.9. The van der Waals surface area contributed by atoms with Crippen LogP contribution in [0.25, 0.3) is 0 Å². The summed E-state index contributed by atoms with van der Waals surface area (Å²) in [6, 6.07) is 12.6. The predicted octanol–water partition coefficient (Wildman–Crippen LogP) is -2.92. The number of rotatable bonds is 10. The molecule has 47 heavy (non-hydrogen) atoms. The molecule has 0 saturated heterocycles. The molecule has 11 heteroatoms. The van der Waals surface area contributed by atoms with Crippen molar-refractivity contribution in [3.05, 3.63) is 75.4 Å². The molecule has 1 aliphatic rings. The third-order valence-electron chi connectivity index (χ3n) is 9.95. The first-order chi connectivity index (χ1) is 20.8. The Morgan fingerprint density at radius 3 is 0.915 bits per heavy atom. The van der Waals surface area contributed by atoms with Gasteiger partial charge in [-0.3, -0.25) is 0 Å². The summed E-state index contributed by atoms with van der Waals surface area (Å²) in [6.07, 6.45) is 0. The van der Waals surface area contributed by atoms with E-state index in [1.54, 1.807) is 42.7 Å². The van der Waals surface area contributed by atoms with Crippen LogP contribution in [0.3, 0.4) is 0 Å². The van der Waals surface area contributed by atoms with Gasteiger partial charge in [0.2, 0.25) is 0 Å². The summed E-state index contributed by atoms with van der Waals surface area (Å²) >= 11 is 2.42. The van der Waals surface area contributed by atoms with Crippen molar-refractivity contribution in [2.75, 3.05) is 42.7 Å². The third kappa shape index (κ3) is 6.45. The van der Waals surface area contributed by atoms with Crippen molar-refractivity contribution in [2.45, 2.75) is 51.8 Å². The molecular weight excluding hydrogens is 711 g/mol. The summed E-state index contributed by atoms with van der Waals surface area (Å²) < 4.78 is 35.6. The molecule has 1 aliphatic carbocycles. The van der Waals surface area contributed by atoms with Crippen LogP contribution in [0.4, 0.5) is 0 Å². The van der Waals surface area contributed by atoms with Gasteiger partial charge < -0.3 is 37.2 Å². The summed E-state index contributed by atoms with van der Waals surface area (Å²) in [5.74, 6) is 4.52. The number of benzene rings is 3. The quantitative estimate of drug-likeness (QED) is 0.164. The molecule has 0 aromatic heterocycles. The summed E-state index contributed by atoms with van der Waals surface area (Å²) in [6.45, 7) is 15.6. The fraction of sp³-hybridized carbons (Fsp3) is 0.389. The van der Waals surface area contributed by atoms with Crippen molar-refractivity contribution in [3.63, 3.8) is 0 Å². The van der Waals surface area contributed by atoms with Crippen LogP contribution in [0.5, 0.6) is 34.5 Å². The van der Waals surface area contributed by atoms with Crippen molar-refractivity contribution < 1.29 is 86.1 Å². The number of hydrogen-bond donors (Lipinski definition) is 0. The van der Waals surface area contributed by atoms with E-state index in [4.69, 9.17) is 28.4 Å². The monoisotopic (exact) mass is 754 g/mol. The Hall–Kier alpha value is -2.26. The van der Waals surface area contributed by atoms with E-state index >= 15 is 0 Å². The van der Waals surface area contributed by atoms with Gasteiger partial charge in [-0.25, -0.2) is 0 Å². The summed E-state index contributed by atoms with van der Waals surface area (Å²) in [5.41, 5.74) is 8.48. The summed E-state index contributed by atoms with van der Waals surface area (Å²) in [7, 11) is 6.94. The fourth-order valence-electron chi connectivity index (χ4n) is 7.16. The van der Waals surface area contributed by atoms with Crippen molar-refractivity contribution in [3.8, 4) is 34.5 Å². The minimum absolute atomic E-state index is 0. The first-order valence-electron chi connectivity index (χ1n) is 14.6. The SMILES string of the molecule is COc1cc(OC)c(C)c([Si](c2cc(OC)cc(OC)c2C)(c2cc(OC)cc(OC)c2C)[C]2([Ti+3])C(C)=C(C)C(C)=C2C)c1.[Cl-].[Cl-].[Cl-]. The van der Waals surface area contributed by atoms with Gasteiger partial charge in [-0.2, -0.15) is 0 Å². The second kappa shape index (κ2) is 16.4. The largest absolute Gasteiger partial charge is 1.00 e. The first kappa shape index (κ1) is 42.8. The molecule has 0 fully saturated rings. The molecule has 3 aromatic rings. The van der Waals surface area contributed by atoms with Crippen LogP contribution in [0.15, 0.2) is 58.7 Å². The molecule has 6 nitrogen and oxygen atoms in total. The third-order valence-corrected chi connectivity index (χ3v) is 18.7. The Morgan fingerprint density at radius 2 is 0.702 bits per heavy atom. The molecule has 0 N–H and O–H groups in total. The van der Waals surface area contributed by atoms with E-state index in [1.807, 2.05) is 18.2 Å². The van der Waals surface area contributed by atoms with Crippen molar-refractivity contribution >= 4 is 23.6 Å². The van der Waals surface area contributed by atoms with Crippen LogP contribution in [-0.2, 0) is 20.4 Å². The number of hydrogen-bond acceptors (Lipinski definition) is 6. The van der Waals surface area contributed by atoms with E-state index < -0.39 is 11.4 Å². The summed E-state index contributed by atoms with van der Waals surface area (Å²) in [4.78, 5) is 0. The van der Waals surface area contributed by atoms with Gasteiger partial charge in [-0.1, -0.05) is 0 Å². The van der Waals surface area contributed by atoms with E-state index in [9.17, 15) is 0 Å². The molecule has 0 radical (unpaired) electrons. The van der Waals surface area contributed by atoms with Gasteiger partial charge in [0.05, 0.1) is 0 Å². The number of ether oxygens (including phenoxy) is 6. The smallest absolute Gasteiger partial charge is 1.00 e. The van der Waals surface area contributed by atoms with Crippen LogP contribution in [0.1, 0.15) is 44.4 Å². The first-order valence-corrected chi connectivity index (χ1v) is 17.4. The molecule has 4 rings (SSSR count). The average molecular weight is 756 g/mol. The van der Waals surface area contributed by atoms with Gasteiger partial charge in [-0.15, -0.1) is 0 Å². The van der Waals surface area contributed by atoms with E-state index in [0.717, 1.165) is 51.2 Å². The van der Waals surface area contributed by atoms with Crippen LogP contribution in [0, 0.1) is 20.8 Å². The van der Waals surface area contributed by atoms with Gasteiger partial charge in [0.15, 0.2) is 0 Å². The van der Waals surface area contributed by atoms with Crippen molar-refractivity contribution in [1.82, 2.24) is 0 Å². The summed E-state index contributed by atoms with van der Waals surface area (Å²) in [5, 5.41) is 3.53. The minimum Gasteiger partial charge on any atom is -1.00 e. The van der Waals surface area contributed by atoms with Gasteiger partial charge in [0.1, 0.15) is 0 Å². The normalized spacial score (nSPS) is 13.7. The molecule has 0 bridgehead atoms. The van der Waals surface area contributed by atoms with Crippen LogP contribution in [0.2, 0.25) is 3.34 Å². The second-order valence-corrected chi connectivity index (χ2v) is 17.3. The fourth-order valence-corrected chi connectivity index (χ4v) is 16.3. The van der Waals surface area contributed by atoms with Crippen LogP contribution in [-0.4, -0.2) is 50.7 Å². The molecule has 0 atom stereocenters. The molecule has 0 heterocycles. The molecule has 3 aromatic carbocycles. The van der Waals surface area contributed by atoms with E-state index in [1.165, 1.54) is 37.9 Å². The topological polar surface area (TPSA) is 55.4 Å². The number of methoxy groups -OCH3 is 6. The zero-order valence-electron chi connectivity index (χ0n) is 29.5. The predicted molar refractivity (Wildman–Crippen MR) is 177 cm³/mol. The van der Waals surface area contributed by atoms with Gasteiger partial charge in [0.25, 0.3) is 0 Å². The Labute approximate surface area is 312 Å². The molecular formula is C36H45Cl3O6SiTi. The van der Waals surface area contributed by atoms with Crippen molar-refractivity contribution in [1.29, 1.82) is 0 Å². The standard InChI is InChI=1S/C36H45O6Si.3ClH.Ti/c1-20-21(2)23(4)36(22(20)3)43(33-17-27(37-8)14-30(40-11)24(33)5,34-18-28(38-9)15-31(41-12)25(34)6)35-19-29(39-10)16-32(42-13)26(35)7;;;;/h14-19H,1-13H3;3*1H;/q;;;;+3/p-3. The zero-order chi connectivity index (χ0) is 32.7. The molecule has 0 saturated carbocycles. The second-order valence-electron chi connectivity index (χ2n) is 11.5. The Balaban J connectivity index is 0.00000368. The maximum atomic E-state index is 6.05. The Morgan fingerprint density at radius 1 is 0.447 bits per heavy atom. The van der Waals surface area contributed by atoms with E-state index in [-0.39, 0.29) is 37.2 Å². The zero-order valence-corrected chi connectivity index (χ0v) is 34.4. The van der Waals surface area contributed by atoms with Crippen LogP contribution >= 0.6 is 0 Å². The number of halogens is 3. The average Bonchev–Trinajstić information content (AvgIpc) is 3.18. The maximum Gasteiger partial charge on any atom is -1.00 e. The van der Waals surface area contributed by atoms with Gasteiger partial charge in [-0.05, 0) is 0 Å². The van der Waals surface area contributed by atoms with E-state index in [0.29, 0.717) is 0 Å². The van der Waals surface area contributed by atoms with E-state index in [2.05, 4.69) is 87.1 Å². The van der Waals surface area contributed by atoms with Gasteiger partial charge >= 0.3 is 277 Å². The molecule has 254 valence electrons. The van der Waals surface area contributed by atoms with Gasteiger partial charge in [0, 0.05) is 0 Å². The Bertz CT molecular complexity index is 1510. The molecule has 0 unspecified atom stereocenters. The maximum absolute atomic E-state index is 6.05. The molecule has 0 spiro atoms.